The van der Waals surface area contributed by atoms with Gasteiger partial charge in [0.25, 0.3) is 0 Å². The van der Waals surface area contributed by atoms with E-state index in [1.165, 1.54) is 12.3 Å². The minimum Gasteiger partial charge on any atom is -0.413 e. The number of ether oxygens (including phenoxy) is 1. The summed E-state index contributed by atoms with van der Waals surface area (Å²) in [5.74, 6) is -0.786. The van der Waals surface area contributed by atoms with Crippen molar-refractivity contribution in [3.05, 3.63) is 76.0 Å². The van der Waals surface area contributed by atoms with Gasteiger partial charge in [0.2, 0.25) is 5.75 Å². The number of nitrogens with zero attached hydrogens (tertiary/aromatic N) is 2. The minimum atomic E-state index is -0.649. The summed E-state index contributed by atoms with van der Waals surface area (Å²) < 4.78 is 5.34. The number of esters is 1. The van der Waals surface area contributed by atoms with Gasteiger partial charge in [0.1, 0.15) is 5.52 Å². The zero-order valence-electron chi connectivity index (χ0n) is 12.2. The molecule has 3 aromatic rings. The van der Waals surface area contributed by atoms with Crippen molar-refractivity contribution in [2.24, 2.45) is 0 Å². The van der Waals surface area contributed by atoms with Gasteiger partial charge < -0.3 is 4.74 Å². The molecule has 6 nitrogen and oxygen atoms in total. The Morgan fingerprint density at radius 2 is 1.91 bits per heavy atom. The van der Waals surface area contributed by atoms with Gasteiger partial charge in [-0.1, -0.05) is 24.3 Å². The molecule has 2 aromatic carbocycles. The average Bonchev–Trinajstić information content (AvgIpc) is 2.55. The van der Waals surface area contributed by atoms with Crippen molar-refractivity contribution in [1.82, 2.24) is 4.98 Å². The molecule has 0 N–H and O–H groups in total. The van der Waals surface area contributed by atoms with E-state index in [0.29, 0.717) is 10.9 Å². The fourth-order valence-corrected chi connectivity index (χ4v) is 2.30. The van der Waals surface area contributed by atoms with Gasteiger partial charge in [0, 0.05) is 17.6 Å². The molecule has 0 aliphatic rings. The molecule has 0 aliphatic carbocycles. The summed E-state index contributed by atoms with van der Waals surface area (Å²) in [5.41, 5.74) is 1.07. The number of carbonyl (C=O) groups excluding carboxylic acids is 1. The molecule has 0 atom stereocenters. The molecule has 6 heteroatoms. The van der Waals surface area contributed by atoms with Gasteiger partial charge in [-0.25, -0.2) is 4.79 Å². The summed E-state index contributed by atoms with van der Waals surface area (Å²) in [6.45, 7) is 1.77. The van der Waals surface area contributed by atoms with Gasteiger partial charge in [-0.2, -0.15) is 0 Å². The molecule has 0 saturated heterocycles. The molecule has 1 aromatic heterocycles. The largest absolute Gasteiger partial charge is 0.413 e. The highest BCUT2D eigenvalue weighted by Gasteiger charge is 2.23. The maximum Gasteiger partial charge on any atom is 0.344 e. The number of carbonyl (C=O) groups is 1. The lowest BCUT2D eigenvalue weighted by atomic mass is 10.1. The summed E-state index contributed by atoms with van der Waals surface area (Å²) in [4.78, 5) is 27.1. The second-order valence-corrected chi connectivity index (χ2v) is 4.95. The number of hydrogen-bond donors (Lipinski definition) is 0. The van der Waals surface area contributed by atoms with E-state index in [4.69, 9.17) is 4.74 Å². The second-order valence-electron chi connectivity index (χ2n) is 4.95. The van der Waals surface area contributed by atoms with E-state index in [9.17, 15) is 14.9 Å². The van der Waals surface area contributed by atoms with Crippen molar-refractivity contribution in [3.63, 3.8) is 0 Å². The van der Waals surface area contributed by atoms with Crippen molar-refractivity contribution in [2.75, 3.05) is 0 Å². The third-order valence-electron chi connectivity index (χ3n) is 3.46. The maximum atomic E-state index is 12.4. The lowest BCUT2D eigenvalue weighted by Gasteiger charge is -2.09. The van der Waals surface area contributed by atoms with Crippen molar-refractivity contribution in [3.8, 4) is 5.75 Å². The Balaban J connectivity index is 2.11. The van der Waals surface area contributed by atoms with Gasteiger partial charge in [-0.05, 0) is 30.7 Å². The van der Waals surface area contributed by atoms with Crippen LogP contribution in [0.25, 0.3) is 10.9 Å². The Morgan fingerprint density at radius 3 is 2.65 bits per heavy atom. The van der Waals surface area contributed by atoms with Crippen LogP contribution in [0.2, 0.25) is 0 Å². The Hall–Kier alpha value is -3.28. The number of rotatable bonds is 3. The topological polar surface area (TPSA) is 82.3 Å². The van der Waals surface area contributed by atoms with E-state index < -0.39 is 10.9 Å². The SMILES string of the molecule is Cc1ccccc1C(=O)Oc1c([N+](=O)[O-])ccc2cccnc12. The predicted molar refractivity (Wildman–Crippen MR) is 84.5 cm³/mol. The van der Waals surface area contributed by atoms with Crippen LogP contribution in [-0.2, 0) is 0 Å². The van der Waals surface area contributed by atoms with Gasteiger partial charge in [0.05, 0.1) is 10.5 Å². The molecule has 0 saturated carbocycles. The molecule has 0 fully saturated rings. The molecule has 0 aliphatic heterocycles. The number of fused-ring (bicyclic) bond motifs is 1. The fraction of sp³-hybridized carbons (Fsp3) is 0.0588. The number of pyridine rings is 1. The number of aryl methyl sites for hydroxylation is 1. The predicted octanol–water partition coefficient (Wildman–Crippen LogP) is 3.67. The Labute approximate surface area is 131 Å². The van der Waals surface area contributed by atoms with E-state index in [1.54, 1.807) is 49.4 Å². The van der Waals surface area contributed by atoms with Crippen LogP contribution in [0.1, 0.15) is 15.9 Å². The summed E-state index contributed by atoms with van der Waals surface area (Å²) in [5, 5.41) is 11.9. The first-order chi connectivity index (χ1) is 11.1. The summed E-state index contributed by atoms with van der Waals surface area (Å²) in [6.07, 6.45) is 1.50. The normalized spacial score (nSPS) is 10.5. The molecule has 23 heavy (non-hydrogen) atoms. The third kappa shape index (κ3) is 2.74. The first kappa shape index (κ1) is 14.6. The molecule has 3 rings (SSSR count). The molecular formula is C17H12N2O4. The molecule has 0 unspecified atom stereocenters. The Morgan fingerprint density at radius 1 is 1.13 bits per heavy atom. The molecule has 0 amide bonds. The number of benzene rings is 2. The standard InChI is InChI=1S/C17H12N2O4/c1-11-5-2-3-7-13(11)17(20)23-16-14(19(21)22)9-8-12-6-4-10-18-15(12)16/h2-10H,1H3. The molecule has 114 valence electrons. The molecule has 0 spiro atoms. The maximum absolute atomic E-state index is 12.4. The Bertz CT molecular complexity index is 921. The van der Waals surface area contributed by atoms with Crippen LogP contribution in [0.3, 0.4) is 0 Å². The highest BCUT2D eigenvalue weighted by molar-refractivity contribution is 5.97. The molecule has 1 heterocycles. The zero-order chi connectivity index (χ0) is 16.4. The fourth-order valence-electron chi connectivity index (χ4n) is 2.30. The molecule has 0 bridgehead atoms. The van der Waals surface area contributed by atoms with Crippen LogP contribution in [0.5, 0.6) is 5.75 Å². The first-order valence-corrected chi connectivity index (χ1v) is 6.88. The van der Waals surface area contributed by atoms with Crippen LogP contribution in [0.15, 0.2) is 54.7 Å². The third-order valence-corrected chi connectivity index (χ3v) is 3.46. The van der Waals surface area contributed by atoms with E-state index in [2.05, 4.69) is 4.98 Å². The van der Waals surface area contributed by atoms with Crippen molar-refractivity contribution < 1.29 is 14.5 Å². The smallest absolute Gasteiger partial charge is 0.344 e. The van der Waals surface area contributed by atoms with Gasteiger partial charge in [-0.15, -0.1) is 0 Å². The first-order valence-electron chi connectivity index (χ1n) is 6.88. The highest BCUT2D eigenvalue weighted by atomic mass is 16.6. The second kappa shape index (κ2) is 5.84. The van der Waals surface area contributed by atoms with Crippen molar-refractivity contribution >= 4 is 22.6 Å². The van der Waals surface area contributed by atoms with Crippen LogP contribution >= 0.6 is 0 Å². The zero-order valence-corrected chi connectivity index (χ0v) is 12.2. The van der Waals surface area contributed by atoms with Gasteiger partial charge >= 0.3 is 11.7 Å². The van der Waals surface area contributed by atoms with Crippen LogP contribution in [0, 0.1) is 17.0 Å². The lowest BCUT2D eigenvalue weighted by molar-refractivity contribution is -0.385. The lowest BCUT2D eigenvalue weighted by Crippen LogP contribution is -2.11. The molecular weight excluding hydrogens is 296 g/mol. The molecule has 0 radical (unpaired) electrons. The number of nitro groups is 1. The van der Waals surface area contributed by atoms with E-state index in [-0.39, 0.29) is 17.0 Å². The number of hydrogen-bond acceptors (Lipinski definition) is 5. The highest BCUT2D eigenvalue weighted by Crippen LogP contribution is 2.34. The van der Waals surface area contributed by atoms with Crippen LogP contribution in [-0.4, -0.2) is 15.9 Å². The minimum absolute atomic E-state index is 0.138. The van der Waals surface area contributed by atoms with E-state index in [0.717, 1.165) is 5.56 Å². The van der Waals surface area contributed by atoms with E-state index in [1.807, 2.05) is 0 Å². The average molecular weight is 308 g/mol. The van der Waals surface area contributed by atoms with Crippen LogP contribution < -0.4 is 4.74 Å². The van der Waals surface area contributed by atoms with E-state index >= 15 is 0 Å². The quantitative estimate of drug-likeness (QED) is 0.319. The monoisotopic (exact) mass is 308 g/mol. The number of aromatic nitrogens is 1. The Kier molecular flexibility index (Phi) is 3.72. The summed E-state index contributed by atoms with van der Waals surface area (Å²) in [6, 6.07) is 13.2. The number of nitro benzene ring substituents is 1. The van der Waals surface area contributed by atoms with Crippen molar-refractivity contribution in [2.45, 2.75) is 6.92 Å². The summed E-state index contributed by atoms with van der Waals surface area (Å²) in [7, 11) is 0. The van der Waals surface area contributed by atoms with Crippen molar-refractivity contribution in [1.29, 1.82) is 0 Å². The van der Waals surface area contributed by atoms with Gasteiger partial charge in [-0.3, -0.25) is 15.1 Å². The summed E-state index contributed by atoms with van der Waals surface area (Å²) >= 11 is 0. The van der Waals surface area contributed by atoms with Gasteiger partial charge in [0.15, 0.2) is 0 Å². The van der Waals surface area contributed by atoms with Crippen LogP contribution in [0.4, 0.5) is 5.69 Å².